The van der Waals surface area contributed by atoms with Crippen LogP contribution in [0.2, 0.25) is 0 Å². The highest BCUT2D eigenvalue weighted by molar-refractivity contribution is 7.09. The van der Waals surface area contributed by atoms with Gasteiger partial charge in [0.05, 0.1) is 5.54 Å². The lowest BCUT2D eigenvalue weighted by Crippen LogP contribution is -2.38. The van der Waals surface area contributed by atoms with E-state index in [0.717, 1.165) is 10.7 Å². The second-order valence-electron chi connectivity index (χ2n) is 3.73. The minimum Gasteiger partial charge on any atom is -0.319 e. The van der Waals surface area contributed by atoms with Crippen molar-refractivity contribution in [3.05, 3.63) is 16.1 Å². The van der Waals surface area contributed by atoms with Crippen LogP contribution >= 0.6 is 11.3 Å². The van der Waals surface area contributed by atoms with Gasteiger partial charge in [-0.05, 0) is 19.8 Å². The summed E-state index contributed by atoms with van der Waals surface area (Å²) in [4.78, 5) is 4.40. The summed E-state index contributed by atoms with van der Waals surface area (Å²) in [7, 11) is 0. The Hall–Kier alpha value is -0.410. The van der Waals surface area contributed by atoms with E-state index in [0.29, 0.717) is 5.92 Å². The summed E-state index contributed by atoms with van der Waals surface area (Å²) < 4.78 is 0. The molecule has 0 saturated carbocycles. The summed E-state index contributed by atoms with van der Waals surface area (Å²) in [5, 5.41) is 3.08. The molecule has 0 aromatic carbocycles. The highest BCUT2D eigenvalue weighted by Crippen LogP contribution is 2.28. The van der Waals surface area contributed by atoms with Gasteiger partial charge in [-0.3, -0.25) is 0 Å². The Balaban J connectivity index is 2.97. The zero-order chi connectivity index (χ0) is 9.35. The second-order valence-corrected chi connectivity index (χ2v) is 4.59. The molecule has 0 aliphatic carbocycles. The average molecular weight is 184 g/mol. The number of aryl methyl sites for hydroxylation is 1. The Morgan fingerprint density at radius 1 is 1.58 bits per heavy atom. The van der Waals surface area contributed by atoms with Crippen LogP contribution in [0.5, 0.6) is 0 Å². The minimum atomic E-state index is -0.279. The van der Waals surface area contributed by atoms with E-state index in [9.17, 15) is 0 Å². The molecule has 0 bridgehead atoms. The van der Waals surface area contributed by atoms with Gasteiger partial charge in [-0.15, -0.1) is 11.3 Å². The lowest BCUT2D eigenvalue weighted by Gasteiger charge is -2.26. The third-order valence-corrected chi connectivity index (χ3v) is 3.49. The first-order valence-electron chi connectivity index (χ1n) is 4.16. The number of rotatable bonds is 2. The molecule has 3 heteroatoms. The maximum Gasteiger partial charge on any atom is 0.113 e. The maximum atomic E-state index is 6.14. The van der Waals surface area contributed by atoms with Crippen molar-refractivity contribution in [2.24, 2.45) is 11.7 Å². The van der Waals surface area contributed by atoms with E-state index >= 15 is 0 Å². The van der Waals surface area contributed by atoms with Crippen molar-refractivity contribution in [3.8, 4) is 0 Å². The van der Waals surface area contributed by atoms with Crippen LogP contribution in [0.4, 0.5) is 0 Å². The number of thiazole rings is 1. The fraction of sp³-hybridized carbons (Fsp3) is 0.667. The molecule has 1 rings (SSSR count). The van der Waals surface area contributed by atoms with Crippen LogP contribution in [0.25, 0.3) is 0 Å². The summed E-state index contributed by atoms with van der Waals surface area (Å²) in [6.07, 6.45) is 0. The van der Waals surface area contributed by atoms with Crippen LogP contribution in [0.15, 0.2) is 5.38 Å². The Labute approximate surface area is 77.8 Å². The SMILES string of the molecule is Cc1csc(C(C)(N)C(C)C)n1. The highest BCUT2D eigenvalue weighted by Gasteiger charge is 2.28. The van der Waals surface area contributed by atoms with Gasteiger partial charge in [0.15, 0.2) is 0 Å². The van der Waals surface area contributed by atoms with Crippen LogP contribution in [0.3, 0.4) is 0 Å². The fourth-order valence-corrected chi connectivity index (χ4v) is 1.87. The van der Waals surface area contributed by atoms with Crippen LogP contribution in [0.1, 0.15) is 31.5 Å². The Kier molecular flexibility index (Phi) is 2.54. The topological polar surface area (TPSA) is 38.9 Å². The van der Waals surface area contributed by atoms with Crippen LogP contribution in [0, 0.1) is 12.8 Å². The van der Waals surface area contributed by atoms with Gasteiger partial charge in [-0.1, -0.05) is 13.8 Å². The van der Waals surface area contributed by atoms with Gasteiger partial charge in [0, 0.05) is 11.1 Å². The summed E-state index contributed by atoms with van der Waals surface area (Å²) in [6, 6.07) is 0. The normalized spacial score (nSPS) is 16.5. The molecule has 0 fully saturated rings. The van der Waals surface area contributed by atoms with Crippen molar-refractivity contribution in [2.75, 3.05) is 0 Å². The summed E-state index contributed by atoms with van der Waals surface area (Å²) in [5.74, 6) is 0.419. The molecular weight excluding hydrogens is 168 g/mol. The second kappa shape index (κ2) is 3.15. The molecule has 12 heavy (non-hydrogen) atoms. The lowest BCUT2D eigenvalue weighted by molar-refractivity contribution is 0.349. The van der Waals surface area contributed by atoms with E-state index in [-0.39, 0.29) is 5.54 Å². The fourth-order valence-electron chi connectivity index (χ4n) is 0.848. The Morgan fingerprint density at radius 2 is 2.17 bits per heavy atom. The van der Waals surface area contributed by atoms with Crippen molar-refractivity contribution in [1.82, 2.24) is 4.98 Å². The van der Waals surface area contributed by atoms with E-state index in [1.165, 1.54) is 0 Å². The Morgan fingerprint density at radius 3 is 2.50 bits per heavy atom. The van der Waals surface area contributed by atoms with Crippen molar-refractivity contribution in [3.63, 3.8) is 0 Å². The van der Waals surface area contributed by atoms with Gasteiger partial charge in [0.25, 0.3) is 0 Å². The highest BCUT2D eigenvalue weighted by atomic mass is 32.1. The molecule has 2 N–H and O–H groups in total. The lowest BCUT2D eigenvalue weighted by atomic mass is 9.90. The average Bonchev–Trinajstić information content (AvgIpc) is 2.35. The predicted octanol–water partition coefficient (Wildman–Crippen LogP) is 2.28. The Bertz CT molecular complexity index is 263. The van der Waals surface area contributed by atoms with E-state index in [1.807, 2.05) is 19.2 Å². The van der Waals surface area contributed by atoms with E-state index in [4.69, 9.17) is 5.73 Å². The number of aromatic nitrogens is 1. The van der Waals surface area contributed by atoms with Gasteiger partial charge in [0.1, 0.15) is 5.01 Å². The van der Waals surface area contributed by atoms with Crippen molar-refractivity contribution in [1.29, 1.82) is 0 Å². The van der Waals surface area contributed by atoms with Gasteiger partial charge >= 0.3 is 0 Å². The smallest absolute Gasteiger partial charge is 0.113 e. The van der Waals surface area contributed by atoms with Crippen molar-refractivity contribution in [2.45, 2.75) is 33.2 Å². The molecule has 2 nitrogen and oxygen atoms in total. The van der Waals surface area contributed by atoms with E-state index in [2.05, 4.69) is 18.8 Å². The van der Waals surface area contributed by atoms with Crippen molar-refractivity contribution >= 4 is 11.3 Å². The van der Waals surface area contributed by atoms with Crippen molar-refractivity contribution < 1.29 is 0 Å². The standard InChI is InChI=1S/C9H16N2S/c1-6(2)9(4,10)8-11-7(3)5-12-8/h5-6H,10H2,1-4H3. The molecular formula is C9H16N2S. The molecule has 68 valence electrons. The monoisotopic (exact) mass is 184 g/mol. The van der Waals surface area contributed by atoms with E-state index in [1.54, 1.807) is 11.3 Å². The summed E-state index contributed by atoms with van der Waals surface area (Å²) in [5.41, 5.74) is 6.93. The van der Waals surface area contributed by atoms with Crippen LogP contribution in [-0.2, 0) is 5.54 Å². The molecule has 1 aromatic rings. The third kappa shape index (κ3) is 1.67. The van der Waals surface area contributed by atoms with Crippen LogP contribution in [-0.4, -0.2) is 4.98 Å². The molecule has 0 amide bonds. The minimum absolute atomic E-state index is 0.279. The zero-order valence-electron chi connectivity index (χ0n) is 8.09. The van der Waals surface area contributed by atoms with Gasteiger partial charge in [-0.25, -0.2) is 4.98 Å². The molecule has 1 unspecified atom stereocenters. The third-order valence-electron chi connectivity index (χ3n) is 2.28. The molecule has 1 atom stereocenters. The molecule has 0 aliphatic rings. The zero-order valence-corrected chi connectivity index (χ0v) is 8.90. The van der Waals surface area contributed by atoms with Gasteiger partial charge in [-0.2, -0.15) is 0 Å². The number of nitrogens with zero attached hydrogens (tertiary/aromatic N) is 1. The number of nitrogens with two attached hydrogens (primary N) is 1. The predicted molar refractivity (Wildman–Crippen MR) is 53.2 cm³/mol. The molecule has 0 saturated heterocycles. The largest absolute Gasteiger partial charge is 0.319 e. The molecule has 0 radical (unpaired) electrons. The first-order chi connectivity index (χ1) is 5.44. The number of hydrogen-bond acceptors (Lipinski definition) is 3. The number of hydrogen-bond donors (Lipinski definition) is 1. The molecule has 1 aromatic heterocycles. The van der Waals surface area contributed by atoms with Crippen LogP contribution < -0.4 is 5.73 Å². The molecule has 0 spiro atoms. The summed E-state index contributed by atoms with van der Waals surface area (Å²) in [6.45, 7) is 8.28. The van der Waals surface area contributed by atoms with Gasteiger partial charge < -0.3 is 5.73 Å². The molecule has 0 aliphatic heterocycles. The first-order valence-corrected chi connectivity index (χ1v) is 5.04. The van der Waals surface area contributed by atoms with E-state index < -0.39 is 0 Å². The van der Waals surface area contributed by atoms with Gasteiger partial charge in [0.2, 0.25) is 0 Å². The summed E-state index contributed by atoms with van der Waals surface area (Å²) >= 11 is 1.65. The quantitative estimate of drug-likeness (QED) is 0.766. The molecule has 1 heterocycles. The first kappa shape index (κ1) is 9.68. The maximum absolute atomic E-state index is 6.14.